The van der Waals surface area contributed by atoms with Crippen LogP contribution in [0, 0.1) is 13.8 Å². The third-order valence-electron chi connectivity index (χ3n) is 3.90. The second-order valence-corrected chi connectivity index (χ2v) is 6.11. The molecule has 0 aliphatic carbocycles. The van der Waals surface area contributed by atoms with Gasteiger partial charge in [0.15, 0.2) is 0 Å². The van der Waals surface area contributed by atoms with Gasteiger partial charge in [-0.2, -0.15) is 0 Å². The van der Waals surface area contributed by atoms with Crippen LogP contribution in [0.15, 0.2) is 24.3 Å². The Balaban J connectivity index is 2.20. The van der Waals surface area contributed by atoms with Gasteiger partial charge in [-0.15, -0.1) is 11.3 Å². The van der Waals surface area contributed by atoms with Crippen LogP contribution in [0.1, 0.15) is 27.6 Å². The first-order valence-electron chi connectivity index (χ1n) is 6.53. The molecule has 1 atom stereocenters. The van der Waals surface area contributed by atoms with Gasteiger partial charge in [-0.05, 0) is 27.0 Å². The number of hydrogen-bond acceptors (Lipinski definition) is 4. The zero-order chi connectivity index (χ0) is 13.5. The van der Waals surface area contributed by atoms with E-state index in [4.69, 9.17) is 9.72 Å². The maximum atomic E-state index is 5.78. The minimum absolute atomic E-state index is 0.210. The van der Waals surface area contributed by atoms with Crippen molar-refractivity contribution in [3.8, 4) is 5.75 Å². The summed E-state index contributed by atoms with van der Waals surface area (Å²) in [6, 6.07) is 8.25. The molecule has 2 aromatic rings. The first kappa shape index (κ1) is 12.6. The molecular weight excluding hydrogens is 256 g/mol. The number of nitrogens with one attached hydrogen (secondary N) is 1. The van der Waals surface area contributed by atoms with E-state index in [2.05, 4.69) is 31.3 Å². The van der Waals surface area contributed by atoms with Gasteiger partial charge in [0.25, 0.3) is 0 Å². The van der Waals surface area contributed by atoms with Gasteiger partial charge >= 0.3 is 0 Å². The number of nitrogens with zero attached hydrogens (tertiary/aromatic N) is 1. The van der Waals surface area contributed by atoms with Gasteiger partial charge in [-0.3, -0.25) is 0 Å². The zero-order valence-electron chi connectivity index (χ0n) is 11.5. The molecular formula is C15H18N2OS. The molecule has 2 heterocycles. The highest BCUT2D eigenvalue weighted by molar-refractivity contribution is 7.11. The van der Waals surface area contributed by atoms with Crippen LogP contribution in [-0.4, -0.2) is 18.6 Å². The SMILES string of the molecule is CNC1(c2nc(C)c(C)s2)CCOc2ccccc21. The molecule has 0 bridgehead atoms. The molecule has 4 heteroatoms. The van der Waals surface area contributed by atoms with Crippen molar-refractivity contribution in [2.24, 2.45) is 0 Å². The molecule has 1 aliphatic heterocycles. The van der Waals surface area contributed by atoms with Crippen molar-refractivity contribution in [1.29, 1.82) is 0 Å². The fraction of sp³-hybridized carbons (Fsp3) is 0.400. The summed E-state index contributed by atoms with van der Waals surface area (Å²) >= 11 is 1.78. The average Bonchev–Trinajstić information content (AvgIpc) is 2.78. The predicted molar refractivity (Wildman–Crippen MR) is 78.0 cm³/mol. The monoisotopic (exact) mass is 274 g/mol. The number of fused-ring (bicyclic) bond motifs is 1. The summed E-state index contributed by atoms with van der Waals surface area (Å²) in [6.07, 6.45) is 0.910. The van der Waals surface area contributed by atoms with Crippen molar-refractivity contribution in [2.45, 2.75) is 25.8 Å². The molecule has 1 aliphatic rings. The van der Waals surface area contributed by atoms with Crippen LogP contribution in [0.3, 0.4) is 0 Å². The van der Waals surface area contributed by atoms with Crippen molar-refractivity contribution in [2.75, 3.05) is 13.7 Å². The zero-order valence-corrected chi connectivity index (χ0v) is 12.3. The number of aryl methyl sites for hydroxylation is 2. The lowest BCUT2D eigenvalue weighted by Gasteiger charge is -2.37. The lowest BCUT2D eigenvalue weighted by molar-refractivity contribution is 0.217. The number of aromatic nitrogens is 1. The predicted octanol–water partition coefficient (Wildman–Crippen LogP) is 3.01. The van der Waals surface area contributed by atoms with Gasteiger partial charge < -0.3 is 10.1 Å². The largest absolute Gasteiger partial charge is 0.493 e. The molecule has 0 saturated heterocycles. The van der Waals surface area contributed by atoms with Crippen molar-refractivity contribution in [3.05, 3.63) is 45.4 Å². The highest BCUT2D eigenvalue weighted by Crippen LogP contribution is 2.43. The topological polar surface area (TPSA) is 34.2 Å². The van der Waals surface area contributed by atoms with E-state index in [-0.39, 0.29) is 5.54 Å². The standard InChI is InChI=1S/C15H18N2OS/c1-10-11(2)19-14(17-10)15(16-3)8-9-18-13-7-5-4-6-12(13)15/h4-7,16H,8-9H2,1-3H3. The average molecular weight is 274 g/mol. The molecule has 0 saturated carbocycles. The van der Waals surface area contributed by atoms with Crippen LogP contribution in [0.25, 0.3) is 0 Å². The number of rotatable bonds is 2. The van der Waals surface area contributed by atoms with Crippen molar-refractivity contribution >= 4 is 11.3 Å². The highest BCUT2D eigenvalue weighted by atomic mass is 32.1. The lowest BCUT2D eigenvalue weighted by Crippen LogP contribution is -2.45. The van der Waals surface area contributed by atoms with E-state index in [0.717, 1.165) is 29.5 Å². The molecule has 100 valence electrons. The highest BCUT2D eigenvalue weighted by Gasteiger charge is 2.40. The van der Waals surface area contributed by atoms with Crippen molar-refractivity contribution in [1.82, 2.24) is 10.3 Å². The molecule has 3 rings (SSSR count). The number of ether oxygens (including phenoxy) is 1. The Labute approximate surface area is 117 Å². The van der Waals surface area contributed by atoms with E-state index in [0.29, 0.717) is 0 Å². The molecule has 0 radical (unpaired) electrons. The van der Waals surface area contributed by atoms with Crippen LogP contribution in [-0.2, 0) is 5.54 Å². The van der Waals surface area contributed by atoms with Crippen molar-refractivity contribution < 1.29 is 4.74 Å². The Bertz CT molecular complexity index is 588. The Hall–Kier alpha value is -1.39. The Morgan fingerprint density at radius 2 is 2.11 bits per heavy atom. The summed E-state index contributed by atoms with van der Waals surface area (Å²) in [6.45, 7) is 4.92. The Kier molecular flexibility index (Phi) is 3.07. The van der Waals surface area contributed by atoms with E-state index in [1.807, 2.05) is 19.2 Å². The minimum Gasteiger partial charge on any atom is -0.493 e. The van der Waals surface area contributed by atoms with Crippen LogP contribution in [0.5, 0.6) is 5.75 Å². The van der Waals surface area contributed by atoms with E-state index >= 15 is 0 Å². The van der Waals surface area contributed by atoms with Gasteiger partial charge in [0.05, 0.1) is 12.3 Å². The maximum absolute atomic E-state index is 5.78. The van der Waals surface area contributed by atoms with E-state index in [9.17, 15) is 0 Å². The van der Waals surface area contributed by atoms with E-state index in [1.54, 1.807) is 11.3 Å². The first-order chi connectivity index (χ1) is 9.17. The Morgan fingerprint density at radius 3 is 2.79 bits per heavy atom. The van der Waals surface area contributed by atoms with Crippen LogP contribution in [0.2, 0.25) is 0 Å². The number of para-hydroxylation sites is 1. The summed E-state index contributed by atoms with van der Waals surface area (Å²) in [5, 5.41) is 4.64. The molecule has 0 fully saturated rings. The lowest BCUT2D eigenvalue weighted by atomic mass is 9.85. The van der Waals surface area contributed by atoms with Crippen LogP contribution in [0.4, 0.5) is 0 Å². The smallest absolute Gasteiger partial charge is 0.124 e. The number of hydrogen-bond donors (Lipinski definition) is 1. The molecule has 1 unspecified atom stereocenters. The fourth-order valence-electron chi connectivity index (χ4n) is 2.64. The van der Waals surface area contributed by atoms with Crippen LogP contribution < -0.4 is 10.1 Å². The van der Waals surface area contributed by atoms with Gasteiger partial charge in [0.2, 0.25) is 0 Å². The summed E-state index contributed by atoms with van der Waals surface area (Å²) in [5.41, 5.74) is 2.11. The summed E-state index contributed by atoms with van der Waals surface area (Å²) in [5.74, 6) is 0.966. The van der Waals surface area contributed by atoms with Crippen molar-refractivity contribution in [3.63, 3.8) is 0 Å². The molecule has 3 nitrogen and oxygen atoms in total. The first-order valence-corrected chi connectivity index (χ1v) is 7.35. The quantitative estimate of drug-likeness (QED) is 0.914. The molecule has 0 amide bonds. The molecule has 1 N–H and O–H groups in total. The third kappa shape index (κ3) is 1.86. The van der Waals surface area contributed by atoms with Gasteiger partial charge in [-0.1, -0.05) is 18.2 Å². The molecule has 1 aromatic carbocycles. The summed E-state index contributed by atoms with van der Waals surface area (Å²) in [4.78, 5) is 6.06. The maximum Gasteiger partial charge on any atom is 0.124 e. The molecule has 19 heavy (non-hydrogen) atoms. The molecule has 1 aromatic heterocycles. The van der Waals surface area contributed by atoms with Gasteiger partial charge in [-0.25, -0.2) is 4.98 Å². The van der Waals surface area contributed by atoms with Gasteiger partial charge in [0, 0.05) is 16.9 Å². The van der Waals surface area contributed by atoms with E-state index in [1.165, 1.54) is 10.4 Å². The third-order valence-corrected chi connectivity index (χ3v) is 5.14. The molecule has 0 spiro atoms. The normalized spacial score (nSPS) is 21.8. The number of thiazole rings is 1. The Morgan fingerprint density at radius 1 is 1.32 bits per heavy atom. The summed E-state index contributed by atoms with van der Waals surface area (Å²) in [7, 11) is 2.01. The summed E-state index contributed by atoms with van der Waals surface area (Å²) < 4.78 is 5.78. The van der Waals surface area contributed by atoms with Gasteiger partial charge in [0.1, 0.15) is 16.3 Å². The van der Waals surface area contributed by atoms with E-state index < -0.39 is 0 Å². The number of benzene rings is 1. The minimum atomic E-state index is -0.210. The van der Waals surface area contributed by atoms with Crippen LogP contribution >= 0.6 is 11.3 Å². The fourth-order valence-corrected chi connectivity index (χ4v) is 3.79. The second-order valence-electron chi connectivity index (χ2n) is 4.91. The second kappa shape index (κ2) is 4.62.